The van der Waals surface area contributed by atoms with Gasteiger partial charge in [-0.05, 0) is 6.42 Å². The van der Waals surface area contributed by atoms with Crippen LogP contribution in [-0.2, 0) is 4.79 Å². The fraction of sp³-hybridized carbons (Fsp3) is 0.875. The van der Waals surface area contributed by atoms with E-state index >= 15 is 0 Å². The van der Waals surface area contributed by atoms with Gasteiger partial charge in [-0.3, -0.25) is 4.79 Å². The van der Waals surface area contributed by atoms with E-state index in [1.807, 2.05) is 0 Å². The van der Waals surface area contributed by atoms with Gasteiger partial charge in [0.15, 0.2) is 0 Å². The maximum absolute atomic E-state index is 11.4. The highest BCUT2D eigenvalue weighted by Crippen LogP contribution is 2.55. The minimum Gasteiger partial charge on any atom is -0.355 e. The summed E-state index contributed by atoms with van der Waals surface area (Å²) in [7, 11) is 0. The number of nitrogens with one attached hydrogen (secondary N) is 2. The summed E-state index contributed by atoms with van der Waals surface area (Å²) in [4.78, 5) is 11.4. The van der Waals surface area contributed by atoms with Gasteiger partial charge < -0.3 is 16.4 Å². The lowest BCUT2D eigenvalue weighted by molar-refractivity contribution is -0.123. The molecule has 0 radical (unpaired) electrons. The number of nitrogens with two attached hydrogens (primary N) is 1. The van der Waals surface area contributed by atoms with Crippen molar-refractivity contribution in [3.05, 3.63) is 0 Å². The van der Waals surface area contributed by atoms with Gasteiger partial charge in [0.1, 0.15) is 0 Å². The Morgan fingerprint density at radius 2 is 2.42 bits per heavy atom. The molecule has 1 aliphatic carbocycles. The largest absolute Gasteiger partial charge is 0.355 e. The fourth-order valence-electron chi connectivity index (χ4n) is 1.87. The van der Waals surface area contributed by atoms with E-state index < -0.39 is 0 Å². The Morgan fingerprint density at radius 3 is 2.83 bits per heavy atom. The molecule has 12 heavy (non-hydrogen) atoms. The number of carbonyl (C=O) groups excluding carboxylic acids is 1. The molecule has 0 aromatic heterocycles. The molecule has 0 bridgehead atoms. The van der Waals surface area contributed by atoms with Crippen molar-refractivity contribution in [3.63, 3.8) is 0 Å². The van der Waals surface area contributed by atoms with Crippen molar-refractivity contribution < 1.29 is 4.79 Å². The number of amides is 1. The molecule has 1 heterocycles. The van der Waals surface area contributed by atoms with Gasteiger partial charge in [-0.1, -0.05) is 0 Å². The standard InChI is InChI=1S/C8H15N3O/c9-1-2-11-7(12)6-3-8(6)4-10-5-8/h6,10H,1-5,9H2,(H,11,12). The molecule has 0 aromatic carbocycles. The zero-order valence-electron chi connectivity index (χ0n) is 7.10. The molecule has 68 valence electrons. The van der Waals surface area contributed by atoms with Crippen LogP contribution in [0.5, 0.6) is 0 Å². The normalized spacial score (nSPS) is 29.6. The molecule has 1 unspecified atom stereocenters. The second-order valence-electron chi connectivity index (χ2n) is 3.80. The summed E-state index contributed by atoms with van der Waals surface area (Å²) in [5, 5.41) is 6.03. The first-order valence-electron chi connectivity index (χ1n) is 4.47. The number of rotatable bonds is 3. The second kappa shape index (κ2) is 2.71. The Morgan fingerprint density at radius 1 is 1.67 bits per heavy atom. The van der Waals surface area contributed by atoms with Gasteiger partial charge in [0, 0.05) is 37.5 Å². The zero-order chi connectivity index (χ0) is 8.60. The molecule has 0 aromatic rings. The van der Waals surface area contributed by atoms with Crippen LogP contribution in [-0.4, -0.2) is 32.1 Å². The van der Waals surface area contributed by atoms with Gasteiger partial charge in [-0.15, -0.1) is 0 Å². The lowest BCUT2D eigenvalue weighted by atomic mass is 9.96. The Hall–Kier alpha value is -0.610. The SMILES string of the molecule is NCCNC(=O)C1CC12CNC2. The third kappa shape index (κ3) is 1.11. The van der Waals surface area contributed by atoms with Crippen LogP contribution >= 0.6 is 0 Å². The van der Waals surface area contributed by atoms with Crippen molar-refractivity contribution in [1.82, 2.24) is 10.6 Å². The van der Waals surface area contributed by atoms with E-state index in [1.165, 1.54) is 0 Å². The minimum absolute atomic E-state index is 0.196. The topological polar surface area (TPSA) is 67.1 Å². The molecule has 1 spiro atoms. The molecule has 1 saturated heterocycles. The van der Waals surface area contributed by atoms with Crippen LogP contribution in [0, 0.1) is 11.3 Å². The first kappa shape index (κ1) is 8.01. The van der Waals surface area contributed by atoms with Gasteiger partial charge in [-0.25, -0.2) is 0 Å². The summed E-state index contributed by atoms with van der Waals surface area (Å²) in [6.07, 6.45) is 1.07. The summed E-state index contributed by atoms with van der Waals surface area (Å²) in [5.41, 5.74) is 5.63. The van der Waals surface area contributed by atoms with E-state index in [9.17, 15) is 4.79 Å². The van der Waals surface area contributed by atoms with Crippen molar-refractivity contribution in [2.24, 2.45) is 17.1 Å². The molecule has 4 heteroatoms. The highest BCUT2D eigenvalue weighted by Gasteiger charge is 2.61. The lowest BCUT2D eigenvalue weighted by Gasteiger charge is -2.28. The first-order chi connectivity index (χ1) is 5.78. The van der Waals surface area contributed by atoms with Crippen LogP contribution in [0.1, 0.15) is 6.42 Å². The van der Waals surface area contributed by atoms with E-state index in [0.717, 1.165) is 19.5 Å². The fourth-order valence-corrected chi connectivity index (χ4v) is 1.87. The molecule has 1 atom stereocenters. The molecule has 2 rings (SSSR count). The van der Waals surface area contributed by atoms with Crippen molar-refractivity contribution in [2.45, 2.75) is 6.42 Å². The smallest absolute Gasteiger partial charge is 0.223 e. The van der Waals surface area contributed by atoms with Crippen LogP contribution in [0.25, 0.3) is 0 Å². The van der Waals surface area contributed by atoms with Gasteiger partial charge in [0.05, 0.1) is 0 Å². The lowest BCUT2D eigenvalue weighted by Crippen LogP contribution is -2.47. The molecule has 2 aliphatic rings. The van der Waals surface area contributed by atoms with E-state index in [0.29, 0.717) is 18.5 Å². The predicted molar refractivity (Wildman–Crippen MR) is 45.5 cm³/mol. The van der Waals surface area contributed by atoms with Crippen molar-refractivity contribution in [3.8, 4) is 0 Å². The highest BCUT2D eigenvalue weighted by molar-refractivity contribution is 5.83. The van der Waals surface area contributed by atoms with Crippen molar-refractivity contribution >= 4 is 5.91 Å². The quantitative estimate of drug-likeness (QED) is 0.490. The summed E-state index contributed by atoms with van der Waals surface area (Å²) in [6.45, 7) is 3.18. The zero-order valence-corrected chi connectivity index (χ0v) is 7.10. The number of hydrogen-bond acceptors (Lipinski definition) is 3. The maximum atomic E-state index is 11.4. The molecule has 1 amide bonds. The second-order valence-corrected chi connectivity index (χ2v) is 3.80. The maximum Gasteiger partial charge on any atom is 0.223 e. The average Bonchev–Trinajstić information content (AvgIpc) is 2.73. The van der Waals surface area contributed by atoms with Gasteiger partial charge in [0.25, 0.3) is 0 Å². The van der Waals surface area contributed by atoms with E-state index in [-0.39, 0.29) is 11.8 Å². The van der Waals surface area contributed by atoms with Crippen molar-refractivity contribution in [1.29, 1.82) is 0 Å². The van der Waals surface area contributed by atoms with Crippen LogP contribution in [0.4, 0.5) is 0 Å². The van der Waals surface area contributed by atoms with Crippen LogP contribution in [0.3, 0.4) is 0 Å². The Labute approximate surface area is 71.9 Å². The third-order valence-corrected chi connectivity index (χ3v) is 2.90. The van der Waals surface area contributed by atoms with Gasteiger partial charge in [-0.2, -0.15) is 0 Å². The molecule has 1 aliphatic heterocycles. The monoisotopic (exact) mass is 169 g/mol. The number of hydrogen-bond donors (Lipinski definition) is 3. The summed E-state index contributed by atoms with van der Waals surface area (Å²) < 4.78 is 0. The number of carbonyl (C=O) groups is 1. The van der Waals surface area contributed by atoms with Crippen LogP contribution in [0.2, 0.25) is 0 Å². The first-order valence-corrected chi connectivity index (χ1v) is 4.47. The predicted octanol–water partition coefficient (Wildman–Crippen LogP) is -1.33. The van der Waals surface area contributed by atoms with Crippen LogP contribution in [0.15, 0.2) is 0 Å². The van der Waals surface area contributed by atoms with E-state index in [4.69, 9.17) is 5.73 Å². The molecular weight excluding hydrogens is 154 g/mol. The molecule has 4 nitrogen and oxygen atoms in total. The van der Waals surface area contributed by atoms with Gasteiger partial charge >= 0.3 is 0 Å². The molecule has 1 saturated carbocycles. The summed E-state index contributed by atoms with van der Waals surface area (Å²) in [6, 6.07) is 0. The highest BCUT2D eigenvalue weighted by atomic mass is 16.2. The van der Waals surface area contributed by atoms with Crippen LogP contribution < -0.4 is 16.4 Å². The Bertz CT molecular complexity index is 200. The van der Waals surface area contributed by atoms with Gasteiger partial charge in [0.2, 0.25) is 5.91 Å². The Kier molecular flexibility index (Phi) is 1.81. The average molecular weight is 169 g/mol. The van der Waals surface area contributed by atoms with E-state index in [2.05, 4.69) is 10.6 Å². The molecule has 2 fully saturated rings. The molecular formula is C8H15N3O. The van der Waals surface area contributed by atoms with Crippen molar-refractivity contribution in [2.75, 3.05) is 26.2 Å². The molecule has 4 N–H and O–H groups in total. The minimum atomic E-state index is 0.196. The summed E-state index contributed by atoms with van der Waals surface area (Å²) in [5.74, 6) is 0.465. The Balaban J connectivity index is 1.76. The summed E-state index contributed by atoms with van der Waals surface area (Å²) >= 11 is 0. The van der Waals surface area contributed by atoms with E-state index in [1.54, 1.807) is 0 Å². The third-order valence-electron chi connectivity index (χ3n) is 2.90.